The lowest BCUT2D eigenvalue weighted by Crippen LogP contribution is -2.31. The number of aromatic nitrogens is 1. The average Bonchev–Trinajstić information content (AvgIpc) is 3.03. The van der Waals surface area contributed by atoms with E-state index in [0.717, 1.165) is 37.9 Å². The summed E-state index contributed by atoms with van der Waals surface area (Å²) in [6.07, 6.45) is 1.10. The van der Waals surface area contributed by atoms with E-state index in [1.54, 1.807) is 0 Å². The molecule has 1 unspecified atom stereocenters. The number of thiazole rings is 1. The lowest BCUT2D eigenvalue weighted by molar-refractivity contribution is 0.193. The Labute approximate surface area is 126 Å². The maximum atomic E-state index is 5.49. The molecule has 1 aromatic rings. The van der Waals surface area contributed by atoms with Gasteiger partial charge in [-0.25, -0.2) is 4.98 Å². The highest BCUT2D eigenvalue weighted by atomic mass is 32.1. The van der Waals surface area contributed by atoms with Gasteiger partial charge < -0.3 is 15.0 Å². The first-order valence-electron chi connectivity index (χ1n) is 7.45. The van der Waals surface area contributed by atoms with Crippen molar-refractivity contribution in [2.75, 3.05) is 31.7 Å². The topological polar surface area (TPSA) is 37.4 Å². The molecular formula is C15H27N3OS. The van der Waals surface area contributed by atoms with Gasteiger partial charge in [-0.2, -0.15) is 0 Å². The molecule has 1 N–H and O–H groups in total. The summed E-state index contributed by atoms with van der Waals surface area (Å²) in [6, 6.07) is 0.473. The number of hydrogen-bond acceptors (Lipinski definition) is 5. The van der Waals surface area contributed by atoms with Crippen molar-refractivity contribution in [2.45, 2.75) is 52.1 Å². The first-order chi connectivity index (χ1) is 9.43. The van der Waals surface area contributed by atoms with E-state index < -0.39 is 0 Å². The van der Waals surface area contributed by atoms with Gasteiger partial charge in [-0.1, -0.05) is 27.7 Å². The largest absolute Gasteiger partial charge is 0.379 e. The number of anilines is 1. The van der Waals surface area contributed by atoms with Gasteiger partial charge in [0.1, 0.15) is 0 Å². The van der Waals surface area contributed by atoms with Crippen LogP contribution in [0.3, 0.4) is 0 Å². The van der Waals surface area contributed by atoms with E-state index in [4.69, 9.17) is 9.72 Å². The molecule has 0 bridgehead atoms. The molecule has 1 saturated heterocycles. The smallest absolute Gasteiger partial charge is 0.185 e. The molecule has 1 aromatic heterocycles. The van der Waals surface area contributed by atoms with E-state index >= 15 is 0 Å². The Morgan fingerprint density at radius 1 is 1.45 bits per heavy atom. The lowest BCUT2D eigenvalue weighted by atomic mass is 9.91. The van der Waals surface area contributed by atoms with Crippen molar-refractivity contribution in [3.05, 3.63) is 10.6 Å². The summed E-state index contributed by atoms with van der Waals surface area (Å²) in [5.74, 6) is 0. The van der Waals surface area contributed by atoms with Crippen LogP contribution in [0.15, 0.2) is 0 Å². The fourth-order valence-electron chi connectivity index (χ4n) is 2.42. The minimum absolute atomic E-state index is 0.0898. The van der Waals surface area contributed by atoms with Crippen molar-refractivity contribution >= 4 is 16.5 Å². The first kappa shape index (κ1) is 15.7. The molecule has 1 aliphatic heterocycles. The molecule has 20 heavy (non-hydrogen) atoms. The van der Waals surface area contributed by atoms with Gasteiger partial charge in [0, 0.05) is 30.5 Å². The number of hydrogen-bond donors (Lipinski definition) is 1. The fraction of sp³-hybridized carbons (Fsp3) is 0.800. The highest BCUT2D eigenvalue weighted by Crippen LogP contribution is 2.34. The van der Waals surface area contributed by atoms with Crippen molar-refractivity contribution in [3.8, 4) is 0 Å². The van der Waals surface area contributed by atoms with Crippen LogP contribution < -0.4 is 10.2 Å². The second-order valence-corrected chi connectivity index (χ2v) is 7.49. The van der Waals surface area contributed by atoms with Crippen LogP contribution in [-0.4, -0.2) is 37.8 Å². The monoisotopic (exact) mass is 297 g/mol. The van der Waals surface area contributed by atoms with E-state index in [-0.39, 0.29) is 5.41 Å². The minimum atomic E-state index is 0.0898. The Balaban J connectivity index is 2.23. The molecular weight excluding hydrogens is 270 g/mol. The van der Waals surface area contributed by atoms with E-state index in [9.17, 15) is 0 Å². The SMILES string of the molecule is CCNCc1sc(N(C)C2CCOC2)nc1C(C)(C)C. The van der Waals surface area contributed by atoms with Crippen LogP contribution >= 0.6 is 11.3 Å². The standard InChI is InChI=1S/C15H27N3OS/c1-6-16-9-12-13(15(2,3)4)17-14(20-12)18(5)11-7-8-19-10-11/h11,16H,6-10H2,1-5H3. The lowest BCUT2D eigenvalue weighted by Gasteiger charge is -2.22. The van der Waals surface area contributed by atoms with Crippen LogP contribution in [0.2, 0.25) is 0 Å². The molecule has 1 fully saturated rings. The molecule has 0 aromatic carbocycles. The van der Waals surface area contributed by atoms with Crippen LogP contribution in [0.4, 0.5) is 5.13 Å². The van der Waals surface area contributed by atoms with E-state index in [2.05, 4.69) is 45.0 Å². The third-order valence-electron chi connectivity index (χ3n) is 3.69. The van der Waals surface area contributed by atoms with Crippen molar-refractivity contribution in [3.63, 3.8) is 0 Å². The molecule has 0 amide bonds. The summed E-state index contributed by atoms with van der Waals surface area (Å²) < 4.78 is 5.49. The van der Waals surface area contributed by atoms with Gasteiger partial charge in [-0.15, -0.1) is 11.3 Å². The highest BCUT2D eigenvalue weighted by molar-refractivity contribution is 7.15. The molecule has 5 heteroatoms. The Morgan fingerprint density at radius 2 is 2.20 bits per heavy atom. The molecule has 4 nitrogen and oxygen atoms in total. The summed E-state index contributed by atoms with van der Waals surface area (Å²) in [6.45, 7) is 12.4. The normalized spacial score (nSPS) is 19.6. The maximum absolute atomic E-state index is 5.49. The predicted octanol–water partition coefficient (Wildman–Crippen LogP) is 2.78. The van der Waals surface area contributed by atoms with E-state index in [1.807, 2.05) is 11.3 Å². The van der Waals surface area contributed by atoms with Gasteiger partial charge >= 0.3 is 0 Å². The minimum Gasteiger partial charge on any atom is -0.379 e. The quantitative estimate of drug-likeness (QED) is 0.907. The zero-order chi connectivity index (χ0) is 14.8. The molecule has 1 atom stereocenters. The summed E-state index contributed by atoms with van der Waals surface area (Å²) in [7, 11) is 2.14. The Morgan fingerprint density at radius 3 is 2.75 bits per heavy atom. The Bertz CT molecular complexity index is 433. The van der Waals surface area contributed by atoms with Gasteiger partial charge in [-0.3, -0.25) is 0 Å². The average molecular weight is 297 g/mol. The van der Waals surface area contributed by atoms with Gasteiger partial charge in [0.15, 0.2) is 5.13 Å². The van der Waals surface area contributed by atoms with Crippen LogP contribution in [0.1, 0.15) is 44.7 Å². The van der Waals surface area contributed by atoms with E-state index in [1.165, 1.54) is 10.6 Å². The summed E-state index contributed by atoms with van der Waals surface area (Å²) in [5, 5.41) is 4.55. The second kappa shape index (κ2) is 6.41. The van der Waals surface area contributed by atoms with Crippen LogP contribution in [0.5, 0.6) is 0 Å². The zero-order valence-corrected chi connectivity index (χ0v) is 14.1. The fourth-order valence-corrected chi connectivity index (χ4v) is 3.69. The van der Waals surface area contributed by atoms with Gasteiger partial charge in [-0.05, 0) is 13.0 Å². The number of nitrogens with zero attached hydrogens (tertiary/aromatic N) is 2. The van der Waals surface area contributed by atoms with Crippen LogP contribution in [0.25, 0.3) is 0 Å². The summed E-state index contributed by atoms with van der Waals surface area (Å²) in [4.78, 5) is 8.58. The molecule has 114 valence electrons. The van der Waals surface area contributed by atoms with Gasteiger partial charge in [0.25, 0.3) is 0 Å². The van der Waals surface area contributed by atoms with Crippen molar-refractivity contribution in [1.29, 1.82) is 0 Å². The summed E-state index contributed by atoms with van der Waals surface area (Å²) >= 11 is 1.82. The Kier molecular flexibility index (Phi) is 5.04. The predicted molar refractivity (Wildman–Crippen MR) is 85.8 cm³/mol. The van der Waals surface area contributed by atoms with E-state index in [0.29, 0.717) is 6.04 Å². The molecule has 1 aliphatic rings. The van der Waals surface area contributed by atoms with Gasteiger partial charge in [0.2, 0.25) is 0 Å². The molecule has 0 radical (unpaired) electrons. The number of ether oxygens (including phenoxy) is 1. The molecule has 0 spiro atoms. The molecule has 0 saturated carbocycles. The first-order valence-corrected chi connectivity index (χ1v) is 8.26. The third kappa shape index (κ3) is 3.51. The van der Waals surface area contributed by atoms with Crippen molar-refractivity contribution in [1.82, 2.24) is 10.3 Å². The van der Waals surface area contributed by atoms with Crippen LogP contribution in [-0.2, 0) is 16.7 Å². The summed E-state index contributed by atoms with van der Waals surface area (Å²) in [5.41, 5.74) is 1.32. The van der Waals surface area contributed by atoms with Gasteiger partial charge in [0.05, 0.1) is 18.3 Å². The number of likely N-dealkylation sites (N-methyl/N-ethyl adjacent to an activating group) is 1. The van der Waals surface area contributed by atoms with Crippen molar-refractivity contribution < 1.29 is 4.74 Å². The Hall–Kier alpha value is -0.650. The second-order valence-electron chi connectivity index (χ2n) is 6.43. The number of nitrogens with one attached hydrogen (secondary N) is 1. The zero-order valence-electron chi connectivity index (χ0n) is 13.3. The van der Waals surface area contributed by atoms with Crippen LogP contribution in [0, 0.1) is 0 Å². The maximum Gasteiger partial charge on any atom is 0.185 e. The highest BCUT2D eigenvalue weighted by Gasteiger charge is 2.27. The van der Waals surface area contributed by atoms with Crippen molar-refractivity contribution in [2.24, 2.45) is 0 Å². The number of rotatable bonds is 5. The third-order valence-corrected chi connectivity index (χ3v) is 4.83. The molecule has 2 rings (SSSR count). The molecule has 0 aliphatic carbocycles. The molecule has 2 heterocycles.